The Balaban J connectivity index is 1.62. The average molecular weight is 449 g/mol. The molecule has 0 aromatic heterocycles. The van der Waals surface area contributed by atoms with E-state index < -0.39 is 19.5 Å². The lowest BCUT2D eigenvalue weighted by atomic mass is 9.85. The standard InChI is InChI=1S/C28H30F2N2O/c29-16-20-7-5-10-22(15-20)28-19-32(25-14-6-9-21-8-1-2-11-24(21)25)27-13-4-3-12-26(27)31(28)18-23(33)17-30/h1-5,7-8,10-13,15,23,25,28,33H,6,9,14,16-19H2/t23-,25?,28?/m0/s1. The molecular weight excluding hydrogens is 418 g/mol. The van der Waals surface area contributed by atoms with Crippen molar-refractivity contribution in [3.8, 4) is 0 Å². The first-order valence-electron chi connectivity index (χ1n) is 11.8. The Morgan fingerprint density at radius 2 is 1.70 bits per heavy atom. The van der Waals surface area contributed by atoms with Crippen molar-refractivity contribution >= 4 is 11.4 Å². The summed E-state index contributed by atoms with van der Waals surface area (Å²) in [7, 11) is 0. The molecule has 3 aromatic rings. The maximum Gasteiger partial charge on any atom is 0.117 e. The van der Waals surface area contributed by atoms with E-state index >= 15 is 0 Å². The first kappa shape index (κ1) is 21.9. The molecule has 0 radical (unpaired) electrons. The Bertz CT molecular complexity index is 1100. The quantitative estimate of drug-likeness (QED) is 0.506. The van der Waals surface area contributed by atoms with Gasteiger partial charge in [0.15, 0.2) is 0 Å². The minimum atomic E-state index is -1.08. The predicted octanol–water partition coefficient (Wildman–Crippen LogP) is 5.93. The zero-order valence-electron chi connectivity index (χ0n) is 18.7. The molecule has 1 heterocycles. The van der Waals surface area contributed by atoms with E-state index in [0.29, 0.717) is 12.1 Å². The number of anilines is 2. The summed E-state index contributed by atoms with van der Waals surface area (Å²) >= 11 is 0. The molecule has 5 heteroatoms. The number of alkyl halides is 2. The highest BCUT2D eigenvalue weighted by atomic mass is 19.1. The van der Waals surface area contributed by atoms with Crippen molar-refractivity contribution in [3.05, 3.63) is 95.1 Å². The van der Waals surface area contributed by atoms with Crippen molar-refractivity contribution in [2.75, 3.05) is 29.6 Å². The molecule has 0 fully saturated rings. The molecule has 3 aromatic carbocycles. The molecule has 2 unspecified atom stereocenters. The lowest BCUT2D eigenvalue weighted by molar-refractivity contribution is 0.142. The molecule has 0 amide bonds. The molecule has 0 saturated heterocycles. The molecule has 5 rings (SSSR count). The number of benzene rings is 3. The van der Waals surface area contributed by atoms with E-state index in [4.69, 9.17) is 0 Å². The van der Waals surface area contributed by atoms with Gasteiger partial charge < -0.3 is 14.9 Å². The smallest absolute Gasteiger partial charge is 0.117 e. The van der Waals surface area contributed by atoms with Crippen LogP contribution in [-0.2, 0) is 13.1 Å². The van der Waals surface area contributed by atoms with Crippen molar-refractivity contribution < 1.29 is 13.9 Å². The van der Waals surface area contributed by atoms with Crippen LogP contribution in [0.5, 0.6) is 0 Å². The van der Waals surface area contributed by atoms with Gasteiger partial charge in [0.1, 0.15) is 13.3 Å². The highest BCUT2D eigenvalue weighted by Gasteiger charge is 2.37. The third-order valence-corrected chi connectivity index (χ3v) is 7.04. The largest absolute Gasteiger partial charge is 0.389 e. The lowest BCUT2D eigenvalue weighted by Gasteiger charge is -2.49. The fourth-order valence-electron chi connectivity index (χ4n) is 5.52. The van der Waals surface area contributed by atoms with Crippen molar-refractivity contribution in [2.45, 2.75) is 44.1 Å². The van der Waals surface area contributed by atoms with Gasteiger partial charge in [-0.2, -0.15) is 0 Å². The topological polar surface area (TPSA) is 26.7 Å². The second kappa shape index (κ2) is 9.52. The van der Waals surface area contributed by atoms with Crippen LogP contribution < -0.4 is 9.80 Å². The summed E-state index contributed by atoms with van der Waals surface area (Å²) in [5.41, 5.74) is 6.47. The number of hydrogen-bond acceptors (Lipinski definition) is 3. The molecule has 2 aliphatic rings. The van der Waals surface area contributed by atoms with Gasteiger partial charge in [-0.25, -0.2) is 8.78 Å². The van der Waals surface area contributed by atoms with E-state index in [0.717, 1.165) is 36.2 Å². The number of para-hydroxylation sites is 2. The summed E-state index contributed by atoms with van der Waals surface area (Å²) in [6.45, 7) is -0.447. The number of halogens is 2. The van der Waals surface area contributed by atoms with Crippen LogP contribution >= 0.6 is 0 Å². The first-order chi connectivity index (χ1) is 16.2. The number of rotatable bonds is 6. The van der Waals surface area contributed by atoms with E-state index in [1.165, 1.54) is 11.1 Å². The summed E-state index contributed by atoms with van der Waals surface area (Å²) in [6, 6.07) is 24.6. The van der Waals surface area contributed by atoms with Crippen LogP contribution in [0.4, 0.5) is 20.2 Å². The predicted molar refractivity (Wildman–Crippen MR) is 129 cm³/mol. The summed E-state index contributed by atoms with van der Waals surface area (Å²) in [6.07, 6.45) is 2.22. The van der Waals surface area contributed by atoms with Gasteiger partial charge in [0.05, 0.1) is 29.6 Å². The van der Waals surface area contributed by atoms with Gasteiger partial charge >= 0.3 is 0 Å². The van der Waals surface area contributed by atoms with Gasteiger partial charge in [-0.15, -0.1) is 0 Å². The average Bonchev–Trinajstić information content (AvgIpc) is 2.88. The summed E-state index contributed by atoms with van der Waals surface area (Å²) < 4.78 is 26.9. The Hall–Kier alpha value is -2.92. The van der Waals surface area contributed by atoms with Gasteiger partial charge in [-0.3, -0.25) is 0 Å². The SMILES string of the molecule is O[C@@H](CF)CN1c2ccccc2N(C2CCCc3ccccc32)CC1c1cccc(CF)c1. The Morgan fingerprint density at radius 3 is 2.52 bits per heavy atom. The lowest BCUT2D eigenvalue weighted by Crippen LogP contribution is -2.48. The molecule has 172 valence electrons. The van der Waals surface area contributed by atoms with Crippen LogP contribution in [0, 0.1) is 0 Å². The number of β-amino-alcohol motifs (C(OH)–C–C–N with tert-alkyl or cyclic N) is 1. The maximum absolute atomic E-state index is 13.5. The zero-order chi connectivity index (χ0) is 22.8. The molecule has 1 aliphatic carbocycles. The van der Waals surface area contributed by atoms with Crippen LogP contribution in [0.25, 0.3) is 0 Å². The number of nitrogens with zero attached hydrogens (tertiary/aromatic N) is 2. The third-order valence-electron chi connectivity index (χ3n) is 7.04. The molecule has 0 spiro atoms. The fraction of sp³-hybridized carbons (Fsp3) is 0.357. The second-order valence-corrected chi connectivity index (χ2v) is 9.10. The Morgan fingerprint density at radius 1 is 0.909 bits per heavy atom. The monoisotopic (exact) mass is 448 g/mol. The Labute approximate surface area is 194 Å². The number of aliphatic hydroxyl groups excluding tert-OH is 1. The molecule has 3 atom stereocenters. The number of aryl methyl sites for hydroxylation is 1. The van der Waals surface area contributed by atoms with Crippen LogP contribution in [0.2, 0.25) is 0 Å². The molecular formula is C28H30F2N2O. The maximum atomic E-state index is 13.5. The molecule has 1 aliphatic heterocycles. The summed E-state index contributed by atoms with van der Waals surface area (Å²) in [5, 5.41) is 10.3. The van der Waals surface area contributed by atoms with Gasteiger partial charge in [0, 0.05) is 13.1 Å². The molecule has 0 saturated carbocycles. The molecule has 33 heavy (non-hydrogen) atoms. The number of fused-ring (bicyclic) bond motifs is 2. The number of hydrogen-bond donors (Lipinski definition) is 1. The Kier molecular flexibility index (Phi) is 6.32. The third kappa shape index (κ3) is 4.22. The zero-order valence-corrected chi connectivity index (χ0v) is 18.7. The highest BCUT2D eigenvalue weighted by molar-refractivity contribution is 5.75. The first-order valence-corrected chi connectivity index (χ1v) is 11.8. The van der Waals surface area contributed by atoms with E-state index in [1.54, 1.807) is 6.07 Å². The highest BCUT2D eigenvalue weighted by Crippen LogP contribution is 2.47. The van der Waals surface area contributed by atoms with Gasteiger partial charge in [-0.1, -0.05) is 60.7 Å². The molecule has 3 nitrogen and oxygen atoms in total. The molecule has 0 bridgehead atoms. The van der Waals surface area contributed by atoms with Gasteiger partial charge in [-0.05, 0) is 53.6 Å². The number of aliphatic hydroxyl groups is 1. The fourth-order valence-corrected chi connectivity index (χ4v) is 5.52. The normalized spacial score (nSPS) is 20.8. The van der Waals surface area contributed by atoms with E-state index in [-0.39, 0.29) is 18.6 Å². The van der Waals surface area contributed by atoms with Crippen LogP contribution in [0.15, 0.2) is 72.8 Å². The van der Waals surface area contributed by atoms with Crippen LogP contribution in [0.1, 0.15) is 47.2 Å². The van der Waals surface area contributed by atoms with Crippen molar-refractivity contribution in [3.63, 3.8) is 0 Å². The van der Waals surface area contributed by atoms with E-state index in [2.05, 4.69) is 40.1 Å². The summed E-state index contributed by atoms with van der Waals surface area (Å²) in [4.78, 5) is 4.57. The summed E-state index contributed by atoms with van der Waals surface area (Å²) in [5.74, 6) is 0. The minimum absolute atomic E-state index is 0.123. The van der Waals surface area contributed by atoms with Crippen molar-refractivity contribution in [1.82, 2.24) is 0 Å². The van der Waals surface area contributed by atoms with E-state index in [9.17, 15) is 13.9 Å². The minimum Gasteiger partial charge on any atom is -0.389 e. The van der Waals surface area contributed by atoms with E-state index in [1.807, 2.05) is 36.4 Å². The van der Waals surface area contributed by atoms with Crippen molar-refractivity contribution in [1.29, 1.82) is 0 Å². The van der Waals surface area contributed by atoms with Crippen molar-refractivity contribution in [2.24, 2.45) is 0 Å². The molecule has 1 N–H and O–H groups in total. The van der Waals surface area contributed by atoms with Gasteiger partial charge in [0.25, 0.3) is 0 Å². The van der Waals surface area contributed by atoms with Crippen LogP contribution in [-0.4, -0.2) is 31.0 Å². The van der Waals surface area contributed by atoms with Crippen LogP contribution in [0.3, 0.4) is 0 Å². The van der Waals surface area contributed by atoms with Gasteiger partial charge in [0.2, 0.25) is 0 Å². The second-order valence-electron chi connectivity index (χ2n) is 9.10.